The van der Waals surface area contributed by atoms with Gasteiger partial charge in [-0.25, -0.2) is 9.97 Å². The quantitative estimate of drug-likeness (QED) is 0.711. The molecular formula is C25H26N4O2. The first-order valence-electron chi connectivity index (χ1n) is 10.7. The van der Waals surface area contributed by atoms with Gasteiger partial charge in [-0.05, 0) is 42.2 Å². The molecule has 0 radical (unpaired) electrons. The summed E-state index contributed by atoms with van der Waals surface area (Å²) in [5.74, 6) is -0.0307. The molecule has 0 unspecified atom stereocenters. The number of anilines is 1. The van der Waals surface area contributed by atoms with Crippen molar-refractivity contribution in [3.8, 4) is 0 Å². The SMILES string of the molecule is CNC(=O)c1ncc2c(n1)CN(c1ccc(C3(c4ccc(C)cc4)COC3)cc1)CC2. The van der Waals surface area contributed by atoms with Crippen LogP contribution >= 0.6 is 0 Å². The van der Waals surface area contributed by atoms with Gasteiger partial charge in [0.1, 0.15) is 0 Å². The minimum atomic E-state index is -0.256. The number of aryl methyl sites for hydroxylation is 1. The van der Waals surface area contributed by atoms with Crippen LogP contribution in [0.1, 0.15) is 38.6 Å². The summed E-state index contributed by atoms with van der Waals surface area (Å²) in [4.78, 5) is 22.9. The summed E-state index contributed by atoms with van der Waals surface area (Å²) in [5, 5.41) is 2.59. The first-order chi connectivity index (χ1) is 15.1. The van der Waals surface area contributed by atoms with Gasteiger partial charge >= 0.3 is 0 Å². The fourth-order valence-corrected chi connectivity index (χ4v) is 4.41. The number of hydrogen-bond acceptors (Lipinski definition) is 5. The molecule has 6 heteroatoms. The van der Waals surface area contributed by atoms with E-state index in [-0.39, 0.29) is 17.1 Å². The highest BCUT2D eigenvalue weighted by atomic mass is 16.5. The fourth-order valence-electron chi connectivity index (χ4n) is 4.41. The molecule has 1 saturated heterocycles. The molecule has 5 rings (SSSR count). The molecule has 1 N–H and O–H groups in total. The maximum atomic E-state index is 11.9. The molecule has 0 saturated carbocycles. The van der Waals surface area contributed by atoms with E-state index in [0.717, 1.165) is 29.9 Å². The molecule has 158 valence electrons. The Morgan fingerprint density at radius 1 is 1.06 bits per heavy atom. The van der Waals surface area contributed by atoms with Crippen LogP contribution in [0.4, 0.5) is 5.69 Å². The summed E-state index contributed by atoms with van der Waals surface area (Å²) >= 11 is 0. The number of hydrogen-bond donors (Lipinski definition) is 1. The number of ether oxygens (including phenoxy) is 1. The molecule has 2 aromatic carbocycles. The Morgan fingerprint density at radius 3 is 2.35 bits per heavy atom. The van der Waals surface area contributed by atoms with Crippen molar-refractivity contribution in [2.24, 2.45) is 0 Å². The molecule has 1 aromatic heterocycles. The molecule has 0 atom stereocenters. The van der Waals surface area contributed by atoms with E-state index in [0.29, 0.717) is 19.8 Å². The number of aromatic nitrogens is 2. The smallest absolute Gasteiger partial charge is 0.288 e. The first kappa shape index (κ1) is 19.7. The average molecular weight is 415 g/mol. The summed E-state index contributed by atoms with van der Waals surface area (Å²) in [7, 11) is 1.59. The zero-order valence-corrected chi connectivity index (χ0v) is 17.9. The monoisotopic (exact) mass is 414 g/mol. The van der Waals surface area contributed by atoms with Crippen molar-refractivity contribution in [2.75, 3.05) is 31.7 Å². The van der Waals surface area contributed by atoms with Crippen LogP contribution in [0.15, 0.2) is 54.7 Å². The van der Waals surface area contributed by atoms with Crippen LogP contribution < -0.4 is 10.2 Å². The van der Waals surface area contributed by atoms with E-state index in [1.54, 1.807) is 13.2 Å². The number of nitrogens with one attached hydrogen (secondary N) is 1. The first-order valence-corrected chi connectivity index (χ1v) is 10.7. The van der Waals surface area contributed by atoms with Gasteiger partial charge in [0.15, 0.2) is 0 Å². The van der Waals surface area contributed by atoms with E-state index in [4.69, 9.17) is 4.74 Å². The van der Waals surface area contributed by atoms with Crippen LogP contribution in [0.25, 0.3) is 0 Å². The van der Waals surface area contributed by atoms with Crippen molar-refractivity contribution < 1.29 is 9.53 Å². The zero-order chi connectivity index (χ0) is 21.4. The number of carbonyl (C=O) groups excluding carboxylic acids is 1. The summed E-state index contributed by atoms with van der Waals surface area (Å²) in [6.07, 6.45) is 2.65. The van der Waals surface area contributed by atoms with Crippen molar-refractivity contribution in [3.63, 3.8) is 0 Å². The predicted molar refractivity (Wildman–Crippen MR) is 119 cm³/mol. The Bertz CT molecular complexity index is 1110. The molecule has 2 aliphatic heterocycles. The van der Waals surface area contributed by atoms with Gasteiger partial charge in [-0.3, -0.25) is 4.79 Å². The van der Waals surface area contributed by atoms with E-state index in [2.05, 4.69) is 75.6 Å². The molecule has 6 nitrogen and oxygen atoms in total. The number of fused-ring (bicyclic) bond motifs is 1. The maximum Gasteiger partial charge on any atom is 0.288 e. The summed E-state index contributed by atoms with van der Waals surface area (Å²) in [6, 6.07) is 17.6. The van der Waals surface area contributed by atoms with E-state index < -0.39 is 0 Å². The molecule has 31 heavy (non-hydrogen) atoms. The molecule has 1 amide bonds. The second-order valence-corrected chi connectivity index (χ2v) is 8.40. The van der Waals surface area contributed by atoms with E-state index >= 15 is 0 Å². The molecular weight excluding hydrogens is 388 g/mol. The number of rotatable bonds is 4. The normalized spacial score (nSPS) is 16.9. The lowest BCUT2D eigenvalue weighted by molar-refractivity contribution is -0.0379. The third kappa shape index (κ3) is 3.47. The van der Waals surface area contributed by atoms with Gasteiger partial charge < -0.3 is 15.0 Å². The van der Waals surface area contributed by atoms with Gasteiger partial charge in [0, 0.05) is 25.5 Å². The Balaban J connectivity index is 1.38. The van der Waals surface area contributed by atoms with Crippen LogP contribution in [-0.2, 0) is 23.1 Å². The molecule has 3 aromatic rings. The Hall–Kier alpha value is -3.25. The van der Waals surface area contributed by atoms with Gasteiger partial charge in [0.05, 0.1) is 30.9 Å². The minimum absolute atomic E-state index is 0.0592. The number of amides is 1. The largest absolute Gasteiger partial charge is 0.379 e. The zero-order valence-electron chi connectivity index (χ0n) is 17.9. The van der Waals surface area contributed by atoms with Crippen molar-refractivity contribution in [1.82, 2.24) is 15.3 Å². The Morgan fingerprint density at radius 2 is 1.74 bits per heavy atom. The van der Waals surface area contributed by atoms with Crippen molar-refractivity contribution in [2.45, 2.75) is 25.3 Å². The second-order valence-electron chi connectivity index (χ2n) is 8.40. The lowest BCUT2D eigenvalue weighted by atomic mass is 9.73. The van der Waals surface area contributed by atoms with E-state index in [1.807, 2.05) is 0 Å². The molecule has 2 aliphatic rings. The molecule has 1 fully saturated rings. The number of carbonyl (C=O) groups is 1. The van der Waals surface area contributed by atoms with Gasteiger partial charge in [0.25, 0.3) is 5.91 Å². The molecule has 3 heterocycles. The van der Waals surface area contributed by atoms with Gasteiger partial charge in [0.2, 0.25) is 5.82 Å². The number of benzene rings is 2. The highest BCUT2D eigenvalue weighted by Crippen LogP contribution is 2.40. The van der Waals surface area contributed by atoms with Gasteiger partial charge in [-0.1, -0.05) is 42.0 Å². The standard InChI is InChI=1S/C25H26N4O2/c1-17-3-5-19(6-4-17)25(15-31-16-25)20-7-9-21(10-8-20)29-12-11-18-13-27-23(24(30)26-2)28-22(18)14-29/h3-10,13H,11-12,14-16H2,1-2H3,(H,26,30). The third-order valence-electron chi connectivity index (χ3n) is 6.46. The van der Waals surface area contributed by atoms with Gasteiger partial charge in [-0.2, -0.15) is 0 Å². The van der Waals surface area contributed by atoms with Crippen LogP contribution in [0.2, 0.25) is 0 Å². The minimum Gasteiger partial charge on any atom is -0.379 e. The van der Waals surface area contributed by atoms with Crippen LogP contribution in [-0.4, -0.2) is 42.7 Å². The molecule has 0 spiro atoms. The van der Waals surface area contributed by atoms with Crippen LogP contribution in [0.5, 0.6) is 0 Å². The lowest BCUT2D eigenvalue weighted by Gasteiger charge is -2.43. The number of nitrogens with zero attached hydrogens (tertiary/aromatic N) is 3. The highest BCUT2D eigenvalue weighted by Gasteiger charge is 2.42. The topological polar surface area (TPSA) is 67.4 Å². The molecule has 0 bridgehead atoms. The molecule has 0 aliphatic carbocycles. The predicted octanol–water partition coefficient (Wildman–Crippen LogP) is 3.02. The fraction of sp³-hybridized carbons (Fsp3) is 0.320. The Labute approximate surface area is 182 Å². The Kier molecular flexibility index (Phi) is 4.94. The lowest BCUT2D eigenvalue weighted by Crippen LogP contribution is -2.47. The van der Waals surface area contributed by atoms with Crippen molar-refractivity contribution >= 4 is 11.6 Å². The maximum absolute atomic E-state index is 11.9. The second kappa shape index (κ2) is 7.78. The van der Waals surface area contributed by atoms with E-state index in [1.165, 1.54) is 16.7 Å². The van der Waals surface area contributed by atoms with E-state index in [9.17, 15) is 4.79 Å². The summed E-state index contributed by atoms with van der Waals surface area (Å²) < 4.78 is 5.65. The summed E-state index contributed by atoms with van der Waals surface area (Å²) in [5.41, 5.74) is 7.00. The summed E-state index contributed by atoms with van der Waals surface area (Å²) in [6.45, 7) is 5.12. The highest BCUT2D eigenvalue weighted by molar-refractivity contribution is 5.90. The third-order valence-corrected chi connectivity index (χ3v) is 6.46. The van der Waals surface area contributed by atoms with Crippen LogP contribution in [0.3, 0.4) is 0 Å². The average Bonchev–Trinajstić information content (AvgIpc) is 2.79. The van der Waals surface area contributed by atoms with Crippen molar-refractivity contribution in [3.05, 3.63) is 88.5 Å². The van der Waals surface area contributed by atoms with Crippen molar-refractivity contribution in [1.29, 1.82) is 0 Å². The van der Waals surface area contributed by atoms with Gasteiger partial charge in [-0.15, -0.1) is 0 Å². The van der Waals surface area contributed by atoms with Crippen LogP contribution in [0, 0.1) is 6.92 Å².